The monoisotopic (exact) mass is 397 g/mol. The first-order valence-corrected chi connectivity index (χ1v) is 10.4. The molecule has 6 heteroatoms. The molecule has 1 fully saturated rings. The van der Waals surface area contributed by atoms with Gasteiger partial charge in [0.05, 0.1) is 6.26 Å². The van der Waals surface area contributed by atoms with Crippen LogP contribution >= 0.6 is 0 Å². The molecule has 156 valence electrons. The topological polar surface area (TPSA) is 74.6 Å². The van der Waals surface area contributed by atoms with Crippen LogP contribution in [-0.4, -0.2) is 36.3 Å². The Morgan fingerprint density at radius 3 is 2.38 bits per heavy atom. The van der Waals surface area contributed by atoms with Crippen LogP contribution in [0.15, 0.2) is 47.1 Å². The van der Waals surface area contributed by atoms with Crippen molar-refractivity contribution in [2.75, 3.05) is 19.6 Å². The highest BCUT2D eigenvalue weighted by atomic mass is 16.3. The van der Waals surface area contributed by atoms with Crippen molar-refractivity contribution in [3.05, 3.63) is 59.5 Å². The molecular formula is C23H31N3O3. The highest BCUT2D eigenvalue weighted by molar-refractivity contribution is 5.91. The van der Waals surface area contributed by atoms with Gasteiger partial charge in [0.1, 0.15) is 0 Å². The Hall–Kier alpha value is -2.60. The number of nitrogens with one attached hydrogen (secondary N) is 2. The molecule has 0 bridgehead atoms. The Labute approximate surface area is 172 Å². The van der Waals surface area contributed by atoms with Gasteiger partial charge in [0.15, 0.2) is 5.76 Å². The number of carbonyl (C=O) groups is 2. The molecule has 0 radical (unpaired) electrons. The summed E-state index contributed by atoms with van der Waals surface area (Å²) in [5.41, 5.74) is 2.38. The van der Waals surface area contributed by atoms with Gasteiger partial charge < -0.3 is 15.1 Å². The lowest BCUT2D eigenvalue weighted by Gasteiger charge is -2.35. The summed E-state index contributed by atoms with van der Waals surface area (Å²) in [5.74, 6) is 1.37. The van der Waals surface area contributed by atoms with E-state index in [2.05, 4.69) is 53.6 Å². The minimum Gasteiger partial charge on any atom is -0.459 e. The fourth-order valence-electron chi connectivity index (χ4n) is 4.02. The molecule has 0 aliphatic carbocycles. The normalized spacial score (nSPS) is 19.7. The van der Waals surface area contributed by atoms with Crippen LogP contribution in [0.1, 0.15) is 48.4 Å². The first kappa shape index (κ1) is 21.1. The molecule has 2 amide bonds. The molecule has 1 saturated heterocycles. The number of likely N-dealkylation sites (tertiary alicyclic amines) is 1. The predicted octanol–water partition coefficient (Wildman–Crippen LogP) is 3.19. The van der Waals surface area contributed by atoms with Crippen molar-refractivity contribution in [3.8, 4) is 0 Å². The van der Waals surface area contributed by atoms with Crippen LogP contribution in [0, 0.1) is 11.8 Å². The number of piperidine rings is 1. The zero-order chi connectivity index (χ0) is 20.6. The van der Waals surface area contributed by atoms with Crippen LogP contribution in [0.25, 0.3) is 0 Å². The van der Waals surface area contributed by atoms with Crippen molar-refractivity contribution in [1.29, 1.82) is 0 Å². The van der Waals surface area contributed by atoms with Gasteiger partial charge in [-0.15, -0.1) is 0 Å². The lowest BCUT2D eigenvalue weighted by Crippen LogP contribution is -2.38. The summed E-state index contributed by atoms with van der Waals surface area (Å²) in [6.45, 7) is 8.74. The molecule has 1 aromatic carbocycles. The summed E-state index contributed by atoms with van der Waals surface area (Å²) in [5, 5.41) is 5.56. The number of carbonyl (C=O) groups excluding carboxylic acids is 2. The van der Waals surface area contributed by atoms with Gasteiger partial charge >= 0.3 is 0 Å². The third-order valence-electron chi connectivity index (χ3n) is 5.25. The average molecular weight is 398 g/mol. The fraction of sp³-hybridized carbons (Fsp3) is 0.478. The quantitative estimate of drug-likeness (QED) is 0.717. The Bertz CT molecular complexity index is 776. The van der Waals surface area contributed by atoms with Crippen LogP contribution in [0.4, 0.5) is 0 Å². The van der Waals surface area contributed by atoms with E-state index in [4.69, 9.17) is 4.42 Å². The molecule has 6 nitrogen and oxygen atoms in total. The SMILES string of the molecule is C[C@@H]1C[C@@H](C)CN(Cc2ccc(CNC(=O)CCNC(=O)c3ccco3)cc2)C1. The third kappa shape index (κ3) is 6.75. The summed E-state index contributed by atoms with van der Waals surface area (Å²) in [6, 6.07) is 11.7. The van der Waals surface area contributed by atoms with E-state index in [1.54, 1.807) is 12.1 Å². The van der Waals surface area contributed by atoms with E-state index in [0.29, 0.717) is 6.54 Å². The number of hydrogen-bond acceptors (Lipinski definition) is 4. The van der Waals surface area contributed by atoms with Gasteiger partial charge in [0, 0.05) is 39.1 Å². The van der Waals surface area contributed by atoms with E-state index in [0.717, 1.165) is 23.9 Å². The highest BCUT2D eigenvalue weighted by Gasteiger charge is 2.21. The molecule has 0 saturated carbocycles. The lowest BCUT2D eigenvalue weighted by atomic mass is 9.91. The van der Waals surface area contributed by atoms with Crippen LogP contribution < -0.4 is 10.6 Å². The smallest absolute Gasteiger partial charge is 0.286 e. The van der Waals surface area contributed by atoms with Crippen molar-refractivity contribution in [3.63, 3.8) is 0 Å². The molecule has 2 aromatic rings. The van der Waals surface area contributed by atoms with E-state index in [9.17, 15) is 9.59 Å². The second-order valence-electron chi connectivity index (χ2n) is 8.22. The largest absolute Gasteiger partial charge is 0.459 e. The van der Waals surface area contributed by atoms with Gasteiger partial charge in [-0.3, -0.25) is 14.5 Å². The summed E-state index contributed by atoms with van der Waals surface area (Å²) in [6.07, 6.45) is 3.00. The van der Waals surface area contributed by atoms with Crippen molar-refractivity contribution < 1.29 is 14.0 Å². The molecular weight excluding hydrogens is 366 g/mol. The molecule has 2 N–H and O–H groups in total. The first-order valence-electron chi connectivity index (χ1n) is 10.4. The van der Waals surface area contributed by atoms with Gasteiger partial charge in [0.2, 0.25) is 5.91 Å². The van der Waals surface area contributed by atoms with Crippen molar-refractivity contribution in [1.82, 2.24) is 15.5 Å². The lowest BCUT2D eigenvalue weighted by molar-refractivity contribution is -0.121. The zero-order valence-corrected chi connectivity index (χ0v) is 17.3. The molecule has 0 spiro atoms. The predicted molar refractivity (Wildman–Crippen MR) is 112 cm³/mol. The minimum absolute atomic E-state index is 0.0925. The summed E-state index contributed by atoms with van der Waals surface area (Å²) in [7, 11) is 0. The molecule has 3 rings (SSSR count). The van der Waals surface area contributed by atoms with E-state index >= 15 is 0 Å². The van der Waals surface area contributed by atoms with Gasteiger partial charge in [0.25, 0.3) is 5.91 Å². The Morgan fingerprint density at radius 2 is 1.72 bits per heavy atom. The second kappa shape index (κ2) is 10.3. The highest BCUT2D eigenvalue weighted by Crippen LogP contribution is 2.22. The minimum atomic E-state index is -0.309. The maximum atomic E-state index is 12.0. The van der Waals surface area contributed by atoms with E-state index in [1.807, 2.05) is 0 Å². The van der Waals surface area contributed by atoms with E-state index < -0.39 is 0 Å². The summed E-state index contributed by atoms with van der Waals surface area (Å²) in [4.78, 5) is 26.3. The molecule has 0 unspecified atom stereocenters. The Morgan fingerprint density at radius 1 is 1.03 bits per heavy atom. The second-order valence-corrected chi connectivity index (χ2v) is 8.22. The van der Waals surface area contributed by atoms with Gasteiger partial charge in [-0.2, -0.15) is 0 Å². The van der Waals surface area contributed by atoms with Crippen LogP contribution in [0.5, 0.6) is 0 Å². The Kier molecular flexibility index (Phi) is 7.47. The average Bonchev–Trinajstić information content (AvgIpc) is 3.21. The number of amides is 2. The molecule has 2 heterocycles. The Balaban J connectivity index is 1.36. The zero-order valence-electron chi connectivity index (χ0n) is 17.3. The number of furan rings is 1. The van der Waals surface area contributed by atoms with E-state index in [-0.39, 0.29) is 30.5 Å². The maximum Gasteiger partial charge on any atom is 0.286 e. The van der Waals surface area contributed by atoms with Gasteiger partial charge in [-0.25, -0.2) is 0 Å². The fourth-order valence-corrected chi connectivity index (χ4v) is 4.02. The number of benzene rings is 1. The third-order valence-corrected chi connectivity index (χ3v) is 5.25. The van der Waals surface area contributed by atoms with Crippen molar-refractivity contribution >= 4 is 11.8 Å². The van der Waals surface area contributed by atoms with Gasteiger partial charge in [-0.05, 0) is 41.5 Å². The van der Waals surface area contributed by atoms with Crippen molar-refractivity contribution in [2.45, 2.75) is 39.8 Å². The molecule has 29 heavy (non-hydrogen) atoms. The molecule has 1 aliphatic heterocycles. The summed E-state index contributed by atoms with van der Waals surface area (Å²) >= 11 is 0. The maximum absolute atomic E-state index is 12.0. The van der Waals surface area contributed by atoms with Crippen molar-refractivity contribution in [2.24, 2.45) is 11.8 Å². The number of rotatable bonds is 8. The number of nitrogens with zero attached hydrogens (tertiary/aromatic N) is 1. The standard InChI is InChI=1S/C23H31N3O3/c1-17-12-18(2)15-26(14-17)16-20-7-5-19(6-8-20)13-25-22(27)9-10-24-23(28)21-4-3-11-29-21/h3-8,11,17-18H,9-10,12-16H2,1-2H3,(H,24,28)(H,25,27)/t17-,18-/m1/s1. The van der Waals surface area contributed by atoms with Gasteiger partial charge in [-0.1, -0.05) is 38.1 Å². The van der Waals surface area contributed by atoms with Crippen LogP contribution in [-0.2, 0) is 17.9 Å². The van der Waals surface area contributed by atoms with E-state index in [1.165, 1.54) is 31.3 Å². The van der Waals surface area contributed by atoms with Crippen LogP contribution in [0.3, 0.4) is 0 Å². The molecule has 1 aromatic heterocycles. The molecule has 1 aliphatic rings. The molecule has 2 atom stereocenters. The van der Waals surface area contributed by atoms with Crippen LogP contribution in [0.2, 0.25) is 0 Å². The first-order chi connectivity index (χ1) is 14.0. The summed E-state index contributed by atoms with van der Waals surface area (Å²) < 4.78 is 5.01. The number of hydrogen-bond donors (Lipinski definition) is 2.